The first kappa shape index (κ1) is 10.9. The summed E-state index contributed by atoms with van der Waals surface area (Å²) < 4.78 is 3.77. The summed E-state index contributed by atoms with van der Waals surface area (Å²) in [4.78, 5) is 4.53. The normalized spacial score (nSPS) is 11.2. The predicted molar refractivity (Wildman–Crippen MR) is 66.9 cm³/mol. The fourth-order valence-electron chi connectivity index (χ4n) is 1.91. The molecule has 6 heteroatoms. The van der Waals surface area contributed by atoms with E-state index in [2.05, 4.69) is 28.4 Å². The van der Waals surface area contributed by atoms with Gasteiger partial charge in [-0.15, -0.1) is 5.10 Å². The summed E-state index contributed by atoms with van der Waals surface area (Å²) in [5.74, 6) is 0. The summed E-state index contributed by atoms with van der Waals surface area (Å²) in [6.45, 7) is 3.07. The van der Waals surface area contributed by atoms with Crippen LogP contribution in [-0.2, 0) is 13.1 Å². The number of nitrogens with zero attached hydrogens (tertiary/aromatic N) is 5. The van der Waals surface area contributed by atoms with E-state index in [9.17, 15) is 0 Å². The molecule has 0 aliphatic rings. The molecule has 2 N–H and O–H groups in total. The molecule has 0 unspecified atom stereocenters. The zero-order chi connectivity index (χ0) is 12.5. The largest absolute Gasteiger partial charge is 0.325 e. The van der Waals surface area contributed by atoms with E-state index >= 15 is 0 Å². The van der Waals surface area contributed by atoms with Crippen LogP contribution >= 0.6 is 0 Å². The molecule has 0 fully saturated rings. The molecule has 0 radical (unpaired) electrons. The molecular formula is C12H14N6. The Morgan fingerprint density at radius 2 is 2.06 bits per heavy atom. The summed E-state index contributed by atoms with van der Waals surface area (Å²) in [6.07, 6.45) is 5.90. The van der Waals surface area contributed by atoms with Crippen molar-refractivity contribution in [3.8, 4) is 0 Å². The number of hydrogen-bond acceptors (Lipinski definition) is 4. The second kappa shape index (κ2) is 4.23. The van der Waals surface area contributed by atoms with Crippen LogP contribution in [0.15, 0.2) is 30.7 Å². The van der Waals surface area contributed by atoms with E-state index in [-0.39, 0.29) is 0 Å². The minimum atomic E-state index is 0.407. The van der Waals surface area contributed by atoms with Crippen molar-refractivity contribution < 1.29 is 0 Å². The van der Waals surface area contributed by atoms with Gasteiger partial charge in [-0.05, 0) is 18.6 Å². The summed E-state index contributed by atoms with van der Waals surface area (Å²) in [6, 6.07) is 4.06. The Kier molecular flexibility index (Phi) is 2.56. The first-order valence-electron chi connectivity index (χ1n) is 5.78. The molecule has 0 saturated carbocycles. The quantitative estimate of drug-likeness (QED) is 0.735. The number of hydrogen-bond donors (Lipinski definition) is 1. The van der Waals surface area contributed by atoms with Crippen molar-refractivity contribution in [3.05, 3.63) is 47.7 Å². The molecule has 18 heavy (non-hydrogen) atoms. The molecule has 0 aliphatic heterocycles. The van der Waals surface area contributed by atoms with E-state index in [1.165, 1.54) is 5.56 Å². The van der Waals surface area contributed by atoms with Crippen LogP contribution in [0.25, 0.3) is 5.65 Å². The maximum atomic E-state index is 5.50. The third-order valence-corrected chi connectivity index (χ3v) is 2.77. The van der Waals surface area contributed by atoms with E-state index < -0.39 is 0 Å². The highest BCUT2D eigenvalue weighted by Gasteiger charge is 2.04. The van der Waals surface area contributed by atoms with E-state index in [1.807, 2.05) is 28.9 Å². The highest BCUT2D eigenvalue weighted by molar-refractivity contribution is 5.41. The Morgan fingerprint density at radius 3 is 2.83 bits per heavy atom. The van der Waals surface area contributed by atoms with E-state index in [4.69, 9.17) is 5.73 Å². The fourth-order valence-corrected chi connectivity index (χ4v) is 1.91. The lowest BCUT2D eigenvalue weighted by Gasteiger charge is -1.94. The van der Waals surface area contributed by atoms with Gasteiger partial charge in [0, 0.05) is 18.9 Å². The van der Waals surface area contributed by atoms with Crippen LogP contribution < -0.4 is 5.73 Å². The minimum Gasteiger partial charge on any atom is -0.325 e. The number of imidazole rings is 1. The van der Waals surface area contributed by atoms with Gasteiger partial charge in [-0.2, -0.15) is 0 Å². The maximum absolute atomic E-state index is 5.50. The third kappa shape index (κ3) is 1.98. The highest BCUT2D eigenvalue weighted by Crippen LogP contribution is 2.08. The monoisotopic (exact) mass is 242 g/mol. The number of pyridine rings is 1. The van der Waals surface area contributed by atoms with Gasteiger partial charge in [0.25, 0.3) is 0 Å². The maximum Gasteiger partial charge on any atom is 0.137 e. The van der Waals surface area contributed by atoms with Crippen LogP contribution in [0.4, 0.5) is 0 Å². The first-order chi connectivity index (χ1) is 8.74. The molecule has 3 heterocycles. The van der Waals surface area contributed by atoms with Crippen LogP contribution in [0.1, 0.15) is 17.0 Å². The number of rotatable bonds is 3. The highest BCUT2D eigenvalue weighted by atomic mass is 15.4. The molecule has 3 aromatic rings. The molecule has 0 bridgehead atoms. The first-order valence-corrected chi connectivity index (χ1v) is 5.78. The van der Waals surface area contributed by atoms with E-state index in [1.54, 1.807) is 4.68 Å². The van der Waals surface area contributed by atoms with Gasteiger partial charge in [-0.3, -0.25) is 0 Å². The molecule has 6 nitrogen and oxygen atoms in total. The third-order valence-electron chi connectivity index (χ3n) is 2.77. The number of aryl methyl sites for hydroxylation is 1. The number of nitrogens with two attached hydrogens (primary N) is 1. The molecule has 0 saturated heterocycles. The van der Waals surface area contributed by atoms with Crippen LogP contribution in [0.3, 0.4) is 0 Å². The van der Waals surface area contributed by atoms with Gasteiger partial charge in [0.15, 0.2) is 0 Å². The van der Waals surface area contributed by atoms with Gasteiger partial charge < -0.3 is 10.1 Å². The Bertz CT molecular complexity index is 681. The summed E-state index contributed by atoms with van der Waals surface area (Å²) in [5.41, 5.74) is 9.38. The predicted octanol–water partition coefficient (Wildman–Crippen LogP) is 0.741. The second-order valence-electron chi connectivity index (χ2n) is 4.32. The van der Waals surface area contributed by atoms with Crippen molar-refractivity contribution >= 4 is 5.65 Å². The lowest BCUT2D eigenvalue weighted by atomic mass is 10.3. The molecule has 0 aromatic carbocycles. The molecule has 3 rings (SSSR count). The number of aromatic nitrogens is 5. The second-order valence-corrected chi connectivity index (χ2v) is 4.32. The van der Waals surface area contributed by atoms with Crippen molar-refractivity contribution in [2.75, 3.05) is 0 Å². The van der Waals surface area contributed by atoms with Gasteiger partial charge in [-0.25, -0.2) is 9.67 Å². The van der Waals surface area contributed by atoms with Gasteiger partial charge in [0.1, 0.15) is 5.65 Å². The Morgan fingerprint density at radius 1 is 1.17 bits per heavy atom. The van der Waals surface area contributed by atoms with E-state index in [0.29, 0.717) is 13.1 Å². The van der Waals surface area contributed by atoms with E-state index in [0.717, 1.165) is 17.0 Å². The zero-order valence-electron chi connectivity index (χ0n) is 10.1. The Labute approximate surface area is 104 Å². The molecule has 0 amide bonds. The van der Waals surface area contributed by atoms with Crippen molar-refractivity contribution in [1.29, 1.82) is 0 Å². The summed E-state index contributed by atoms with van der Waals surface area (Å²) >= 11 is 0. The average molecular weight is 242 g/mol. The standard InChI is InChI=1S/C12H14N6/c1-9-2-3-12-14-11(6-17(12)5-9)8-18-7-10(4-13)15-16-18/h2-3,5-7H,4,8,13H2,1H3. The molecule has 0 spiro atoms. The molecule has 3 aromatic heterocycles. The van der Waals surface area contributed by atoms with Crippen molar-refractivity contribution in [2.45, 2.75) is 20.0 Å². The van der Waals surface area contributed by atoms with Crippen molar-refractivity contribution in [1.82, 2.24) is 24.4 Å². The molecule has 0 atom stereocenters. The zero-order valence-corrected chi connectivity index (χ0v) is 10.1. The lowest BCUT2D eigenvalue weighted by molar-refractivity contribution is 0.640. The summed E-state index contributed by atoms with van der Waals surface area (Å²) in [7, 11) is 0. The van der Waals surface area contributed by atoms with Crippen LogP contribution in [0.5, 0.6) is 0 Å². The smallest absolute Gasteiger partial charge is 0.137 e. The van der Waals surface area contributed by atoms with Gasteiger partial charge >= 0.3 is 0 Å². The lowest BCUT2D eigenvalue weighted by Crippen LogP contribution is -2.00. The van der Waals surface area contributed by atoms with Gasteiger partial charge in [0.05, 0.1) is 24.1 Å². The number of fused-ring (bicyclic) bond motifs is 1. The van der Waals surface area contributed by atoms with Gasteiger partial charge in [0.2, 0.25) is 0 Å². The van der Waals surface area contributed by atoms with Crippen molar-refractivity contribution in [3.63, 3.8) is 0 Å². The van der Waals surface area contributed by atoms with Crippen LogP contribution in [0.2, 0.25) is 0 Å². The van der Waals surface area contributed by atoms with Crippen LogP contribution in [0, 0.1) is 6.92 Å². The molecular weight excluding hydrogens is 228 g/mol. The fraction of sp³-hybridized carbons (Fsp3) is 0.250. The van der Waals surface area contributed by atoms with Crippen molar-refractivity contribution in [2.24, 2.45) is 5.73 Å². The SMILES string of the molecule is Cc1ccc2nc(Cn3cc(CN)nn3)cn2c1. The minimum absolute atomic E-state index is 0.407. The van der Waals surface area contributed by atoms with Gasteiger partial charge in [-0.1, -0.05) is 11.3 Å². The van der Waals surface area contributed by atoms with Crippen LogP contribution in [-0.4, -0.2) is 24.4 Å². The average Bonchev–Trinajstić information content (AvgIpc) is 2.95. The summed E-state index contributed by atoms with van der Waals surface area (Å²) in [5, 5.41) is 7.96. The topological polar surface area (TPSA) is 74.0 Å². The molecule has 0 aliphatic carbocycles. The Balaban J connectivity index is 1.90. The Hall–Kier alpha value is -2.21. The molecule has 92 valence electrons.